The van der Waals surface area contributed by atoms with E-state index in [2.05, 4.69) is 51.6 Å². The van der Waals surface area contributed by atoms with Gasteiger partial charge in [-0.3, -0.25) is 0 Å². The number of aromatic amines is 1. The van der Waals surface area contributed by atoms with Gasteiger partial charge in [0.2, 0.25) is 0 Å². The predicted octanol–water partition coefficient (Wildman–Crippen LogP) is 4.54. The largest absolute Gasteiger partial charge is 0.338 e. The van der Waals surface area contributed by atoms with Gasteiger partial charge in [-0.05, 0) is 64.9 Å². The van der Waals surface area contributed by atoms with Gasteiger partial charge < -0.3 is 4.98 Å². The topological polar surface area (TPSA) is 28.7 Å². The Bertz CT molecular complexity index is 749. The van der Waals surface area contributed by atoms with Gasteiger partial charge in [-0.1, -0.05) is 13.0 Å². The Morgan fingerprint density at radius 1 is 1.21 bits per heavy atom. The van der Waals surface area contributed by atoms with E-state index >= 15 is 0 Å². The van der Waals surface area contributed by atoms with Crippen LogP contribution < -0.4 is 0 Å². The number of aromatic nitrogens is 2. The molecule has 2 aromatic carbocycles. The molecule has 0 fully saturated rings. The molecule has 19 heavy (non-hydrogen) atoms. The smallest absolute Gasteiger partial charge is 0.139 e. The highest BCUT2D eigenvalue weighted by Gasteiger charge is 2.09. The predicted molar refractivity (Wildman–Crippen MR) is 83.6 cm³/mol. The summed E-state index contributed by atoms with van der Waals surface area (Å²) in [5, 5.41) is 0. The molecule has 1 aromatic heterocycles. The van der Waals surface area contributed by atoms with E-state index in [0.29, 0.717) is 0 Å². The van der Waals surface area contributed by atoms with Crippen LogP contribution in [0.15, 0.2) is 36.4 Å². The first-order chi connectivity index (χ1) is 9.17. The SMILES string of the molecule is CCc1ccc2nc(-c3ccc(F)cc3I)[nH]c2c1. The fourth-order valence-electron chi connectivity index (χ4n) is 2.09. The van der Waals surface area contributed by atoms with Crippen LogP contribution in [0.4, 0.5) is 4.39 Å². The Hall–Kier alpha value is -1.43. The Balaban J connectivity index is 2.14. The fraction of sp³-hybridized carbons (Fsp3) is 0.133. The highest BCUT2D eigenvalue weighted by atomic mass is 127. The zero-order valence-electron chi connectivity index (χ0n) is 10.4. The lowest BCUT2D eigenvalue weighted by molar-refractivity contribution is 0.627. The number of rotatable bonds is 2. The Kier molecular flexibility index (Phi) is 3.26. The zero-order chi connectivity index (χ0) is 13.4. The number of aryl methyl sites for hydroxylation is 1. The summed E-state index contributed by atoms with van der Waals surface area (Å²) in [7, 11) is 0. The van der Waals surface area contributed by atoms with Gasteiger partial charge in [-0.25, -0.2) is 9.37 Å². The van der Waals surface area contributed by atoms with E-state index in [9.17, 15) is 4.39 Å². The molecule has 0 bridgehead atoms. The summed E-state index contributed by atoms with van der Waals surface area (Å²) < 4.78 is 14.0. The fourth-order valence-corrected chi connectivity index (χ4v) is 2.82. The van der Waals surface area contributed by atoms with Gasteiger partial charge in [0.25, 0.3) is 0 Å². The molecular formula is C15H12FIN2. The van der Waals surface area contributed by atoms with E-state index in [1.54, 1.807) is 6.07 Å². The average Bonchev–Trinajstić information content (AvgIpc) is 2.80. The van der Waals surface area contributed by atoms with Crippen molar-refractivity contribution >= 4 is 33.6 Å². The molecule has 0 spiro atoms. The molecule has 0 aliphatic rings. The van der Waals surface area contributed by atoms with Crippen LogP contribution in [-0.2, 0) is 6.42 Å². The molecule has 0 unspecified atom stereocenters. The first kappa shape index (κ1) is 12.6. The highest BCUT2D eigenvalue weighted by molar-refractivity contribution is 14.1. The molecule has 3 aromatic rings. The van der Waals surface area contributed by atoms with Crippen LogP contribution in [-0.4, -0.2) is 9.97 Å². The molecule has 0 atom stereocenters. The third-order valence-electron chi connectivity index (χ3n) is 3.14. The molecule has 3 rings (SSSR count). The number of imidazole rings is 1. The number of hydrogen-bond donors (Lipinski definition) is 1. The summed E-state index contributed by atoms with van der Waals surface area (Å²) in [5.74, 6) is 0.560. The monoisotopic (exact) mass is 366 g/mol. The van der Waals surface area contributed by atoms with Crippen LogP contribution in [0.3, 0.4) is 0 Å². The first-order valence-corrected chi connectivity index (χ1v) is 7.19. The summed E-state index contributed by atoms with van der Waals surface area (Å²) in [6.07, 6.45) is 0.998. The minimum atomic E-state index is -0.225. The second-order valence-electron chi connectivity index (χ2n) is 4.41. The minimum Gasteiger partial charge on any atom is -0.338 e. The van der Waals surface area contributed by atoms with Crippen molar-refractivity contribution in [3.05, 3.63) is 51.3 Å². The van der Waals surface area contributed by atoms with Gasteiger partial charge >= 0.3 is 0 Å². The molecule has 0 amide bonds. The molecule has 1 heterocycles. The third kappa shape index (κ3) is 2.36. The molecule has 4 heteroatoms. The van der Waals surface area contributed by atoms with E-state index in [1.165, 1.54) is 17.7 Å². The van der Waals surface area contributed by atoms with Crippen molar-refractivity contribution < 1.29 is 4.39 Å². The molecule has 2 nitrogen and oxygen atoms in total. The van der Waals surface area contributed by atoms with Crippen LogP contribution in [0.5, 0.6) is 0 Å². The van der Waals surface area contributed by atoms with Gasteiger partial charge in [0.05, 0.1) is 11.0 Å². The molecule has 0 saturated carbocycles. The lowest BCUT2D eigenvalue weighted by Crippen LogP contribution is -1.86. The van der Waals surface area contributed by atoms with Crippen molar-refractivity contribution in [2.75, 3.05) is 0 Å². The van der Waals surface area contributed by atoms with Crippen molar-refractivity contribution in [3.63, 3.8) is 0 Å². The zero-order valence-corrected chi connectivity index (χ0v) is 12.5. The number of benzene rings is 2. The second-order valence-corrected chi connectivity index (χ2v) is 5.58. The van der Waals surface area contributed by atoms with Crippen LogP contribution >= 0.6 is 22.6 Å². The normalized spacial score (nSPS) is 11.1. The van der Waals surface area contributed by atoms with E-state index in [0.717, 1.165) is 32.4 Å². The van der Waals surface area contributed by atoms with Crippen molar-refractivity contribution in [2.24, 2.45) is 0 Å². The van der Waals surface area contributed by atoms with Crippen molar-refractivity contribution in [1.82, 2.24) is 9.97 Å². The van der Waals surface area contributed by atoms with E-state index < -0.39 is 0 Å². The number of nitrogens with zero attached hydrogens (tertiary/aromatic N) is 1. The maximum Gasteiger partial charge on any atom is 0.139 e. The van der Waals surface area contributed by atoms with Crippen LogP contribution in [0.1, 0.15) is 12.5 Å². The summed E-state index contributed by atoms with van der Waals surface area (Å²) in [6, 6.07) is 11.0. The second kappa shape index (κ2) is 4.92. The standard InChI is InChI=1S/C15H12FIN2/c1-2-9-3-6-13-14(7-9)19-15(18-13)11-5-4-10(16)8-12(11)17/h3-8H,2H2,1H3,(H,18,19). The summed E-state index contributed by atoms with van der Waals surface area (Å²) >= 11 is 2.13. The first-order valence-electron chi connectivity index (χ1n) is 6.11. The number of fused-ring (bicyclic) bond motifs is 1. The lowest BCUT2D eigenvalue weighted by Gasteiger charge is -2.00. The van der Waals surface area contributed by atoms with Crippen LogP contribution in [0.25, 0.3) is 22.4 Å². The molecule has 1 N–H and O–H groups in total. The van der Waals surface area contributed by atoms with Gasteiger partial charge in [0.15, 0.2) is 0 Å². The Labute approximate surface area is 124 Å². The molecule has 0 radical (unpaired) electrons. The van der Waals surface area contributed by atoms with Crippen molar-refractivity contribution in [3.8, 4) is 11.4 Å². The van der Waals surface area contributed by atoms with Gasteiger partial charge in [0.1, 0.15) is 11.6 Å². The summed E-state index contributed by atoms with van der Waals surface area (Å²) in [6.45, 7) is 2.13. The molecule has 0 saturated heterocycles. The Morgan fingerprint density at radius 2 is 2.05 bits per heavy atom. The van der Waals surface area contributed by atoms with Crippen molar-refractivity contribution in [2.45, 2.75) is 13.3 Å². The quantitative estimate of drug-likeness (QED) is 0.663. The van der Waals surface area contributed by atoms with E-state index in [-0.39, 0.29) is 5.82 Å². The van der Waals surface area contributed by atoms with Crippen LogP contribution in [0, 0.1) is 9.39 Å². The average molecular weight is 366 g/mol. The maximum atomic E-state index is 13.1. The summed E-state index contributed by atoms with van der Waals surface area (Å²) in [5.41, 5.74) is 4.16. The number of H-pyrrole nitrogens is 1. The van der Waals surface area contributed by atoms with Gasteiger partial charge in [-0.2, -0.15) is 0 Å². The Morgan fingerprint density at radius 3 is 2.79 bits per heavy atom. The lowest BCUT2D eigenvalue weighted by atomic mass is 10.1. The maximum absolute atomic E-state index is 13.1. The van der Waals surface area contributed by atoms with Gasteiger partial charge in [0, 0.05) is 9.13 Å². The van der Waals surface area contributed by atoms with E-state index in [4.69, 9.17) is 0 Å². The van der Waals surface area contributed by atoms with Gasteiger partial charge in [-0.15, -0.1) is 0 Å². The summed E-state index contributed by atoms with van der Waals surface area (Å²) in [4.78, 5) is 7.87. The van der Waals surface area contributed by atoms with Crippen molar-refractivity contribution in [1.29, 1.82) is 0 Å². The molecule has 96 valence electrons. The van der Waals surface area contributed by atoms with Crippen LogP contribution in [0.2, 0.25) is 0 Å². The highest BCUT2D eigenvalue weighted by Crippen LogP contribution is 2.26. The number of hydrogen-bond acceptors (Lipinski definition) is 1. The molecule has 0 aliphatic heterocycles. The molecular weight excluding hydrogens is 354 g/mol. The number of nitrogens with one attached hydrogen (secondary N) is 1. The third-order valence-corrected chi connectivity index (χ3v) is 4.03. The molecule has 0 aliphatic carbocycles. The van der Waals surface area contributed by atoms with E-state index in [1.807, 2.05) is 6.07 Å². The minimum absolute atomic E-state index is 0.225. The number of halogens is 2.